The zero-order chi connectivity index (χ0) is 22.6. The van der Waals surface area contributed by atoms with Crippen LogP contribution in [-0.4, -0.2) is 44.0 Å². The predicted octanol–water partition coefficient (Wildman–Crippen LogP) is 4.63. The molecular formula is C26H28N2O3S. The molecule has 1 N–H and O–H groups in total. The number of thiophene rings is 1. The number of ether oxygens (including phenoxy) is 1. The van der Waals surface area contributed by atoms with Crippen molar-refractivity contribution >= 4 is 23.2 Å². The third-order valence-electron chi connectivity index (χ3n) is 6.33. The average Bonchev–Trinajstić information content (AvgIpc) is 3.39. The fourth-order valence-electron chi connectivity index (χ4n) is 4.55. The van der Waals surface area contributed by atoms with Gasteiger partial charge in [0, 0.05) is 25.0 Å². The number of likely N-dealkylation sites (tertiary alicyclic amines) is 1. The SMILES string of the molecule is CNC(=O)C1(Cc2cccc(-c3cccs3)c2)CCN(C(=O)c2ccccc2OC)CC1. The normalized spacial score (nSPS) is 15.2. The van der Waals surface area contributed by atoms with E-state index in [0.29, 0.717) is 43.7 Å². The number of rotatable bonds is 6. The van der Waals surface area contributed by atoms with Gasteiger partial charge in [-0.2, -0.15) is 0 Å². The van der Waals surface area contributed by atoms with Gasteiger partial charge in [-0.3, -0.25) is 9.59 Å². The Kier molecular flexibility index (Phi) is 6.61. The van der Waals surface area contributed by atoms with E-state index in [1.54, 1.807) is 37.6 Å². The summed E-state index contributed by atoms with van der Waals surface area (Å²) >= 11 is 1.71. The molecule has 32 heavy (non-hydrogen) atoms. The van der Waals surface area contributed by atoms with Crippen molar-refractivity contribution in [3.05, 3.63) is 77.2 Å². The molecule has 0 radical (unpaired) electrons. The van der Waals surface area contributed by atoms with Crippen LogP contribution in [0.3, 0.4) is 0 Å². The molecule has 0 atom stereocenters. The molecule has 2 aromatic carbocycles. The predicted molar refractivity (Wildman–Crippen MR) is 128 cm³/mol. The lowest BCUT2D eigenvalue weighted by molar-refractivity contribution is -0.133. The molecule has 2 heterocycles. The highest BCUT2D eigenvalue weighted by molar-refractivity contribution is 7.13. The van der Waals surface area contributed by atoms with Crippen LogP contribution in [0.15, 0.2) is 66.0 Å². The van der Waals surface area contributed by atoms with Gasteiger partial charge in [0.25, 0.3) is 5.91 Å². The first-order valence-electron chi connectivity index (χ1n) is 10.8. The molecule has 0 aliphatic carbocycles. The van der Waals surface area contributed by atoms with E-state index in [2.05, 4.69) is 41.0 Å². The number of piperidine rings is 1. The van der Waals surface area contributed by atoms with Crippen LogP contribution >= 0.6 is 11.3 Å². The summed E-state index contributed by atoms with van der Waals surface area (Å²) in [5, 5.41) is 4.94. The number of para-hydroxylation sites is 1. The Morgan fingerprint density at radius 2 is 1.84 bits per heavy atom. The van der Waals surface area contributed by atoms with Gasteiger partial charge < -0.3 is 15.0 Å². The Bertz CT molecular complexity index is 1090. The molecule has 166 valence electrons. The van der Waals surface area contributed by atoms with Crippen molar-refractivity contribution in [1.29, 1.82) is 0 Å². The van der Waals surface area contributed by atoms with Gasteiger partial charge in [0.15, 0.2) is 0 Å². The van der Waals surface area contributed by atoms with Gasteiger partial charge in [0.1, 0.15) is 5.75 Å². The molecule has 2 amide bonds. The van der Waals surface area contributed by atoms with Crippen molar-refractivity contribution in [2.45, 2.75) is 19.3 Å². The number of amides is 2. The van der Waals surface area contributed by atoms with Gasteiger partial charge >= 0.3 is 0 Å². The Morgan fingerprint density at radius 1 is 1.06 bits per heavy atom. The molecule has 3 aromatic rings. The zero-order valence-electron chi connectivity index (χ0n) is 18.5. The van der Waals surface area contributed by atoms with E-state index in [9.17, 15) is 9.59 Å². The number of hydrogen-bond donors (Lipinski definition) is 1. The third kappa shape index (κ3) is 4.41. The minimum Gasteiger partial charge on any atom is -0.496 e. The maximum atomic E-state index is 13.1. The van der Waals surface area contributed by atoms with E-state index in [1.165, 1.54) is 10.4 Å². The molecule has 0 bridgehead atoms. The number of carbonyl (C=O) groups is 2. The second kappa shape index (κ2) is 9.57. The molecule has 1 aromatic heterocycles. The van der Waals surface area contributed by atoms with Crippen LogP contribution < -0.4 is 10.1 Å². The summed E-state index contributed by atoms with van der Waals surface area (Å²) in [6.07, 6.45) is 1.90. The summed E-state index contributed by atoms with van der Waals surface area (Å²) in [6.45, 7) is 1.07. The van der Waals surface area contributed by atoms with E-state index >= 15 is 0 Å². The minimum atomic E-state index is -0.527. The lowest BCUT2D eigenvalue weighted by Crippen LogP contribution is -2.50. The summed E-state index contributed by atoms with van der Waals surface area (Å²) in [6, 6.07) is 19.9. The molecule has 4 rings (SSSR count). The second-order valence-electron chi connectivity index (χ2n) is 8.21. The van der Waals surface area contributed by atoms with Crippen molar-refractivity contribution in [3.63, 3.8) is 0 Å². The van der Waals surface area contributed by atoms with Crippen molar-refractivity contribution < 1.29 is 14.3 Å². The number of hydrogen-bond acceptors (Lipinski definition) is 4. The van der Waals surface area contributed by atoms with Crippen LogP contribution in [0.2, 0.25) is 0 Å². The lowest BCUT2D eigenvalue weighted by Gasteiger charge is -2.40. The topological polar surface area (TPSA) is 58.6 Å². The van der Waals surface area contributed by atoms with Gasteiger partial charge in [-0.25, -0.2) is 0 Å². The van der Waals surface area contributed by atoms with E-state index < -0.39 is 5.41 Å². The summed E-state index contributed by atoms with van der Waals surface area (Å²) < 4.78 is 5.36. The zero-order valence-corrected chi connectivity index (χ0v) is 19.3. The second-order valence-corrected chi connectivity index (χ2v) is 9.15. The smallest absolute Gasteiger partial charge is 0.257 e. The minimum absolute atomic E-state index is 0.0448. The molecule has 1 fully saturated rings. The van der Waals surface area contributed by atoms with Crippen molar-refractivity contribution in [1.82, 2.24) is 10.2 Å². The van der Waals surface area contributed by atoms with Gasteiger partial charge in [-0.05, 0) is 54.0 Å². The fraction of sp³-hybridized carbons (Fsp3) is 0.308. The molecule has 6 heteroatoms. The van der Waals surface area contributed by atoms with Crippen molar-refractivity contribution in [3.8, 4) is 16.2 Å². The van der Waals surface area contributed by atoms with E-state index in [4.69, 9.17) is 4.74 Å². The van der Waals surface area contributed by atoms with E-state index in [1.807, 2.05) is 23.1 Å². The standard InChI is InChI=1S/C26H28N2O3S/c1-27-25(30)26(18-19-7-5-8-20(17-19)23-11-6-16-32-23)12-14-28(15-13-26)24(29)21-9-3-4-10-22(21)31-2/h3-11,16-17H,12-15,18H2,1-2H3,(H,27,30). The highest BCUT2D eigenvalue weighted by Gasteiger charge is 2.42. The van der Waals surface area contributed by atoms with Crippen LogP contribution in [-0.2, 0) is 11.2 Å². The summed E-state index contributed by atoms with van der Waals surface area (Å²) in [7, 11) is 3.27. The maximum Gasteiger partial charge on any atom is 0.257 e. The van der Waals surface area contributed by atoms with Crippen LogP contribution in [0, 0.1) is 5.41 Å². The summed E-state index contributed by atoms with van der Waals surface area (Å²) in [4.78, 5) is 29.2. The molecule has 0 saturated carbocycles. The summed E-state index contributed by atoms with van der Waals surface area (Å²) in [5.74, 6) is 0.571. The van der Waals surface area contributed by atoms with Gasteiger partial charge in [0.05, 0.1) is 18.1 Å². The number of carbonyl (C=O) groups excluding carboxylic acids is 2. The molecule has 1 saturated heterocycles. The quantitative estimate of drug-likeness (QED) is 0.598. The number of nitrogens with one attached hydrogen (secondary N) is 1. The first kappa shape index (κ1) is 22.1. The number of methoxy groups -OCH3 is 1. The maximum absolute atomic E-state index is 13.1. The Morgan fingerprint density at radius 3 is 2.53 bits per heavy atom. The summed E-state index contributed by atoms with van der Waals surface area (Å²) in [5.41, 5.74) is 2.35. The first-order chi connectivity index (χ1) is 15.6. The first-order valence-corrected chi connectivity index (χ1v) is 11.7. The molecule has 0 spiro atoms. The van der Waals surface area contributed by atoms with Crippen molar-refractivity contribution in [2.75, 3.05) is 27.2 Å². The number of nitrogens with zero attached hydrogens (tertiary/aromatic N) is 1. The van der Waals surface area contributed by atoms with Crippen LogP contribution in [0.25, 0.3) is 10.4 Å². The van der Waals surface area contributed by atoms with Crippen LogP contribution in [0.1, 0.15) is 28.8 Å². The Labute approximate surface area is 193 Å². The molecule has 0 unspecified atom stereocenters. The van der Waals surface area contributed by atoms with Crippen LogP contribution in [0.4, 0.5) is 0 Å². The highest BCUT2D eigenvalue weighted by Crippen LogP contribution is 2.37. The monoisotopic (exact) mass is 448 g/mol. The van der Waals surface area contributed by atoms with E-state index in [0.717, 1.165) is 5.56 Å². The Balaban J connectivity index is 1.53. The van der Waals surface area contributed by atoms with Gasteiger partial charge in [-0.15, -0.1) is 11.3 Å². The molecular weight excluding hydrogens is 420 g/mol. The van der Waals surface area contributed by atoms with Gasteiger partial charge in [-0.1, -0.05) is 42.5 Å². The molecule has 1 aliphatic rings. The molecule has 1 aliphatic heterocycles. The highest BCUT2D eigenvalue weighted by atomic mass is 32.1. The van der Waals surface area contributed by atoms with Crippen LogP contribution in [0.5, 0.6) is 5.75 Å². The Hall–Kier alpha value is -3.12. The van der Waals surface area contributed by atoms with E-state index in [-0.39, 0.29) is 11.8 Å². The van der Waals surface area contributed by atoms with Crippen molar-refractivity contribution in [2.24, 2.45) is 5.41 Å². The largest absolute Gasteiger partial charge is 0.496 e. The fourth-order valence-corrected chi connectivity index (χ4v) is 5.27. The lowest BCUT2D eigenvalue weighted by atomic mass is 9.72. The molecule has 5 nitrogen and oxygen atoms in total. The number of benzene rings is 2. The van der Waals surface area contributed by atoms with Gasteiger partial charge in [0.2, 0.25) is 5.91 Å². The third-order valence-corrected chi connectivity index (χ3v) is 7.25. The average molecular weight is 449 g/mol.